The summed E-state index contributed by atoms with van der Waals surface area (Å²) in [6.07, 6.45) is -1.51. The smallest absolute Gasteiger partial charge is 0.491 e. The highest BCUT2D eigenvalue weighted by atomic mass is 16.6. The van der Waals surface area contributed by atoms with E-state index in [-0.39, 0.29) is 59.3 Å². The van der Waals surface area contributed by atoms with Crippen LogP contribution in [-0.2, 0) is 25.3 Å². The average Bonchev–Trinajstić information content (AvgIpc) is 3.05. The molecular weight excluding hydrogens is 590 g/mol. The number of hydrogen-bond acceptors (Lipinski definition) is 10. The molecule has 0 aromatic heterocycles. The molecular formula is C34H30B2O10. The number of rotatable bonds is 9. The van der Waals surface area contributed by atoms with Gasteiger partial charge in [0.2, 0.25) is 0 Å². The fourth-order valence-corrected chi connectivity index (χ4v) is 6.35. The summed E-state index contributed by atoms with van der Waals surface area (Å²) >= 11 is 0. The van der Waals surface area contributed by atoms with Crippen molar-refractivity contribution >= 4 is 42.7 Å². The van der Waals surface area contributed by atoms with Gasteiger partial charge in [-0.2, -0.15) is 0 Å². The van der Waals surface area contributed by atoms with Crippen LogP contribution in [0.1, 0.15) is 68.8 Å². The molecule has 2 aliphatic carbocycles. The second-order valence-electron chi connectivity index (χ2n) is 11.5. The van der Waals surface area contributed by atoms with Crippen LogP contribution in [0.15, 0.2) is 84.9 Å². The predicted molar refractivity (Wildman–Crippen MR) is 168 cm³/mol. The van der Waals surface area contributed by atoms with Crippen molar-refractivity contribution in [1.82, 2.24) is 0 Å². The van der Waals surface area contributed by atoms with Gasteiger partial charge in [-0.25, -0.2) is 0 Å². The van der Waals surface area contributed by atoms with E-state index in [0.717, 1.165) is 0 Å². The largest absolute Gasteiger partial charge is 0.507 e. The zero-order chi connectivity index (χ0) is 32.6. The first kappa shape index (κ1) is 31.3. The summed E-state index contributed by atoms with van der Waals surface area (Å²) in [5, 5.41) is 45.9. The van der Waals surface area contributed by atoms with Crippen molar-refractivity contribution in [1.29, 1.82) is 0 Å². The van der Waals surface area contributed by atoms with E-state index >= 15 is 0 Å². The fraction of sp³-hybridized carbons (Fsp3) is 0.206. The molecule has 0 fully saturated rings. The molecule has 0 saturated heterocycles. The van der Waals surface area contributed by atoms with Crippen molar-refractivity contribution < 1.29 is 48.7 Å². The Morgan fingerprint density at radius 1 is 0.804 bits per heavy atom. The number of phenols is 2. The number of esters is 1. The lowest BCUT2D eigenvalue weighted by Gasteiger charge is -2.44. The Bertz CT molecular complexity index is 1810. The third-order valence-electron chi connectivity index (χ3n) is 8.53. The number of phenolic OH excluding ortho intramolecular Hbond substituents is 2. The molecule has 4 N–H and O–H groups in total. The summed E-state index contributed by atoms with van der Waals surface area (Å²) in [5.74, 6) is -2.94. The summed E-state index contributed by atoms with van der Waals surface area (Å²) in [5.41, 5.74) is -1.11. The van der Waals surface area contributed by atoms with E-state index in [1.54, 1.807) is 72.8 Å². The molecule has 0 heterocycles. The minimum atomic E-state index is -1.52. The van der Waals surface area contributed by atoms with E-state index in [4.69, 9.17) is 14.0 Å². The summed E-state index contributed by atoms with van der Waals surface area (Å²) in [6, 6.07) is 23.2. The average molecular weight is 620 g/mol. The van der Waals surface area contributed by atoms with Gasteiger partial charge in [-0.3, -0.25) is 14.4 Å². The second kappa shape index (κ2) is 12.6. The number of fused-ring (bicyclic) bond motifs is 3. The molecule has 0 saturated carbocycles. The lowest BCUT2D eigenvalue weighted by molar-refractivity contribution is -0.142. The minimum absolute atomic E-state index is 0.00417. The van der Waals surface area contributed by atoms with Gasteiger partial charge >= 0.3 is 20.2 Å². The van der Waals surface area contributed by atoms with Crippen molar-refractivity contribution in [2.24, 2.45) is 0 Å². The summed E-state index contributed by atoms with van der Waals surface area (Å²) < 4.78 is 17.7. The maximum Gasteiger partial charge on any atom is 0.491 e. The number of benzene rings is 4. The lowest BCUT2D eigenvalue weighted by Crippen LogP contribution is -2.50. The molecule has 0 aliphatic heterocycles. The Morgan fingerprint density at radius 3 is 1.89 bits per heavy atom. The second-order valence-corrected chi connectivity index (χ2v) is 11.5. The van der Waals surface area contributed by atoms with Crippen molar-refractivity contribution in [3.05, 3.63) is 118 Å². The van der Waals surface area contributed by atoms with E-state index in [1.165, 1.54) is 19.1 Å². The molecule has 0 bridgehead atoms. The Hall–Kier alpha value is -4.74. The molecule has 232 valence electrons. The van der Waals surface area contributed by atoms with Crippen LogP contribution in [-0.4, -0.2) is 64.2 Å². The maximum atomic E-state index is 13.7. The van der Waals surface area contributed by atoms with Gasteiger partial charge < -0.3 is 34.3 Å². The molecule has 10 nitrogen and oxygen atoms in total. The van der Waals surface area contributed by atoms with Gasteiger partial charge in [-0.15, -0.1) is 0 Å². The fourth-order valence-electron chi connectivity index (χ4n) is 6.35. The third kappa shape index (κ3) is 5.72. The molecule has 2 aliphatic rings. The molecule has 4 aromatic carbocycles. The SMILES string of the molecule is CC(=O)OCC[C@]1(OB(O)c2ccccc2)Cc2c(O)c3c(c(O)c2[C@@H](OB(O)c2ccccc2)C1)C(=O)c1ccccc1C3=O. The van der Waals surface area contributed by atoms with Gasteiger partial charge in [0.25, 0.3) is 0 Å². The predicted octanol–water partition coefficient (Wildman–Crippen LogP) is 2.36. The lowest BCUT2D eigenvalue weighted by atomic mass is 9.69. The molecule has 4 aromatic rings. The van der Waals surface area contributed by atoms with E-state index in [9.17, 15) is 34.6 Å². The molecule has 6 rings (SSSR count). The highest BCUT2D eigenvalue weighted by Crippen LogP contribution is 2.52. The van der Waals surface area contributed by atoms with Crippen LogP contribution in [0.25, 0.3) is 0 Å². The van der Waals surface area contributed by atoms with Crippen LogP contribution in [0.5, 0.6) is 11.5 Å². The molecule has 46 heavy (non-hydrogen) atoms. The van der Waals surface area contributed by atoms with Crippen molar-refractivity contribution in [3.8, 4) is 11.5 Å². The van der Waals surface area contributed by atoms with Crippen molar-refractivity contribution in [3.63, 3.8) is 0 Å². The Kier molecular flexibility index (Phi) is 8.54. The third-order valence-corrected chi connectivity index (χ3v) is 8.53. The molecule has 0 spiro atoms. The summed E-state index contributed by atoms with van der Waals surface area (Å²) in [4.78, 5) is 39.1. The summed E-state index contributed by atoms with van der Waals surface area (Å²) in [7, 11) is -2.98. The van der Waals surface area contributed by atoms with E-state index in [0.29, 0.717) is 10.9 Å². The molecule has 12 heteroatoms. The monoisotopic (exact) mass is 620 g/mol. The molecule has 0 unspecified atom stereocenters. The Balaban J connectivity index is 1.51. The number of hydrogen-bond donors (Lipinski definition) is 4. The number of carbonyl (C=O) groups is 3. The van der Waals surface area contributed by atoms with Crippen LogP contribution in [0, 0.1) is 0 Å². The van der Waals surface area contributed by atoms with E-state index in [1.807, 2.05) is 0 Å². The number of ketones is 2. The van der Waals surface area contributed by atoms with Gasteiger partial charge in [-0.1, -0.05) is 84.9 Å². The minimum Gasteiger partial charge on any atom is -0.507 e. The van der Waals surface area contributed by atoms with E-state index in [2.05, 4.69) is 0 Å². The van der Waals surface area contributed by atoms with Crippen molar-refractivity contribution in [2.75, 3.05) is 6.61 Å². The van der Waals surface area contributed by atoms with E-state index < -0.39 is 55.0 Å². The van der Waals surface area contributed by atoms with Crippen molar-refractivity contribution in [2.45, 2.75) is 37.9 Å². The van der Waals surface area contributed by atoms with Gasteiger partial charge in [-0.05, 0) is 10.9 Å². The molecule has 2 atom stereocenters. The zero-order valence-corrected chi connectivity index (χ0v) is 24.9. The quantitative estimate of drug-likeness (QED) is 0.110. The molecule has 0 amide bonds. The van der Waals surface area contributed by atoms with Crippen LogP contribution >= 0.6 is 0 Å². The highest BCUT2D eigenvalue weighted by Gasteiger charge is 2.49. The van der Waals surface area contributed by atoms with Gasteiger partial charge in [0.15, 0.2) is 11.6 Å². The van der Waals surface area contributed by atoms with Gasteiger partial charge in [0.05, 0.1) is 29.4 Å². The van der Waals surface area contributed by atoms with Crippen LogP contribution in [0.4, 0.5) is 0 Å². The molecule has 0 radical (unpaired) electrons. The van der Waals surface area contributed by atoms with Gasteiger partial charge in [0, 0.05) is 48.4 Å². The number of aromatic hydroxyl groups is 2. The first-order chi connectivity index (χ1) is 22.1. The first-order valence-electron chi connectivity index (χ1n) is 14.8. The van der Waals surface area contributed by atoms with Gasteiger partial charge in [0.1, 0.15) is 11.5 Å². The van der Waals surface area contributed by atoms with Crippen LogP contribution < -0.4 is 10.9 Å². The highest BCUT2D eigenvalue weighted by molar-refractivity contribution is 6.60. The number of carbonyl (C=O) groups excluding carboxylic acids is 3. The topological polar surface area (TPSA) is 160 Å². The standard InChI is InChI=1S/C34H30B2O10/c1-20(37)44-17-16-34(46-36(43)22-12-6-3-7-13-22)18-25-27(26(19-34)45-35(42)21-10-4-2-5-11-21)33(41)29-28(32(25)40)30(38)23-14-8-9-15-24(23)31(29)39/h2-15,26,40-43H,16-19H2,1H3/t26-,34-/m0/s1. The van der Waals surface area contributed by atoms with Crippen LogP contribution in [0.3, 0.4) is 0 Å². The van der Waals surface area contributed by atoms with Crippen LogP contribution in [0.2, 0.25) is 0 Å². The Morgan fingerprint density at radius 2 is 1.33 bits per heavy atom. The maximum absolute atomic E-state index is 13.7. The summed E-state index contributed by atoms with van der Waals surface area (Å²) in [6.45, 7) is 1.11. The normalized spacial score (nSPS) is 18.3. The Labute approximate surface area is 265 Å². The zero-order valence-electron chi connectivity index (χ0n) is 24.9. The first-order valence-corrected chi connectivity index (χ1v) is 14.8. The number of ether oxygens (including phenoxy) is 1.